The third-order valence-electron chi connectivity index (χ3n) is 3.51. The highest BCUT2D eigenvalue weighted by Gasteiger charge is 2.40. The number of amides is 1. The number of rotatable bonds is 7. The fourth-order valence-corrected chi connectivity index (χ4v) is 2.23. The Hall–Kier alpha value is -1.14. The SMILES string of the molecule is COCC(C)CC(=O)NCC1(C(=O)O)CCOCC1. The van der Waals surface area contributed by atoms with Crippen LogP contribution in [-0.2, 0) is 19.1 Å². The maximum Gasteiger partial charge on any atom is 0.311 e. The average Bonchev–Trinajstić information content (AvgIpc) is 2.37. The van der Waals surface area contributed by atoms with E-state index in [4.69, 9.17) is 9.47 Å². The lowest BCUT2D eigenvalue weighted by Crippen LogP contribution is -2.46. The van der Waals surface area contributed by atoms with Gasteiger partial charge in [-0.2, -0.15) is 0 Å². The first kappa shape index (κ1) is 15.9. The van der Waals surface area contributed by atoms with Crippen molar-refractivity contribution in [3.63, 3.8) is 0 Å². The second-order valence-corrected chi connectivity index (χ2v) is 5.24. The molecule has 0 aromatic rings. The van der Waals surface area contributed by atoms with Crippen molar-refractivity contribution < 1.29 is 24.2 Å². The lowest BCUT2D eigenvalue weighted by molar-refractivity contribution is -0.154. The summed E-state index contributed by atoms with van der Waals surface area (Å²) in [6.45, 7) is 3.48. The zero-order valence-corrected chi connectivity index (χ0v) is 11.6. The summed E-state index contributed by atoms with van der Waals surface area (Å²) in [6.07, 6.45) is 1.23. The van der Waals surface area contributed by atoms with Crippen molar-refractivity contribution in [1.82, 2.24) is 5.32 Å². The quantitative estimate of drug-likeness (QED) is 0.711. The smallest absolute Gasteiger partial charge is 0.311 e. The molecule has 1 aliphatic heterocycles. The summed E-state index contributed by atoms with van der Waals surface area (Å²) in [4.78, 5) is 23.1. The van der Waals surface area contributed by atoms with Gasteiger partial charge in [0, 0.05) is 39.9 Å². The van der Waals surface area contributed by atoms with Crippen LogP contribution in [0.15, 0.2) is 0 Å². The predicted octanol–water partition coefficient (Wildman–Crippen LogP) is 0.657. The standard InChI is InChI=1S/C13H23NO5/c1-10(8-18-2)7-11(15)14-9-13(12(16)17)3-5-19-6-4-13/h10H,3-9H2,1-2H3,(H,14,15)(H,16,17). The molecule has 2 N–H and O–H groups in total. The first-order chi connectivity index (χ1) is 9.00. The third-order valence-corrected chi connectivity index (χ3v) is 3.51. The minimum atomic E-state index is -0.877. The van der Waals surface area contributed by atoms with Gasteiger partial charge in [-0.3, -0.25) is 9.59 Å². The number of methoxy groups -OCH3 is 1. The fourth-order valence-electron chi connectivity index (χ4n) is 2.23. The molecule has 1 amide bonds. The van der Waals surface area contributed by atoms with Crippen LogP contribution >= 0.6 is 0 Å². The molecule has 6 heteroatoms. The Morgan fingerprint density at radius 1 is 1.42 bits per heavy atom. The Labute approximate surface area is 113 Å². The van der Waals surface area contributed by atoms with Crippen LogP contribution in [0.1, 0.15) is 26.2 Å². The zero-order chi connectivity index (χ0) is 14.3. The molecule has 0 spiro atoms. The van der Waals surface area contributed by atoms with Crippen molar-refractivity contribution in [3.8, 4) is 0 Å². The normalized spacial score (nSPS) is 19.7. The molecule has 0 radical (unpaired) electrons. The molecule has 1 aliphatic rings. The number of carboxylic acids is 1. The molecular weight excluding hydrogens is 250 g/mol. The van der Waals surface area contributed by atoms with Gasteiger partial charge in [0.1, 0.15) is 0 Å². The lowest BCUT2D eigenvalue weighted by Gasteiger charge is -2.33. The molecule has 0 saturated carbocycles. The first-order valence-electron chi connectivity index (χ1n) is 6.57. The summed E-state index contributed by atoms with van der Waals surface area (Å²) in [6, 6.07) is 0. The third kappa shape index (κ3) is 4.80. The molecule has 1 heterocycles. The minimum Gasteiger partial charge on any atom is -0.481 e. The number of aliphatic carboxylic acids is 1. The summed E-state index contributed by atoms with van der Waals surface area (Å²) < 4.78 is 10.2. The van der Waals surface area contributed by atoms with Gasteiger partial charge in [-0.05, 0) is 18.8 Å². The zero-order valence-electron chi connectivity index (χ0n) is 11.6. The van der Waals surface area contributed by atoms with Gasteiger partial charge in [0.05, 0.1) is 5.41 Å². The van der Waals surface area contributed by atoms with Crippen molar-refractivity contribution in [3.05, 3.63) is 0 Å². The molecule has 1 saturated heterocycles. The van der Waals surface area contributed by atoms with Crippen molar-refractivity contribution >= 4 is 11.9 Å². The van der Waals surface area contributed by atoms with Gasteiger partial charge in [-0.15, -0.1) is 0 Å². The molecule has 1 rings (SSSR count). The maximum absolute atomic E-state index is 11.7. The Morgan fingerprint density at radius 3 is 2.58 bits per heavy atom. The van der Waals surface area contributed by atoms with Crippen LogP contribution in [0.25, 0.3) is 0 Å². The molecule has 0 aromatic heterocycles. The number of carbonyl (C=O) groups excluding carboxylic acids is 1. The van der Waals surface area contributed by atoms with E-state index >= 15 is 0 Å². The first-order valence-corrected chi connectivity index (χ1v) is 6.57. The number of nitrogens with one attached hydrogen (secondary N) is 1. The summed E-state index contributed by atoms with van der Waals surface area (Å²) in [7, 11) is 1.59. The lowest BCUT2D eigenvalue weighted by atomic mass is 9.80. The molecule has 1 fully saturated rings. The van der Waals surface area contributed by atoms with Gasteiger partial charge >= 0.3 is 5.97 Å². The fraction of sp³-hybridized carbons (Fsp3) is 0.846. The van der Waals surface area contributed by atoms with Gasteiger partial charge in [-0.1, -0.05) is 6.92 Å². The predicted molar refractivity (Wildman–Crippen MR) is 68.8 cm³/mol. The van der Waals surface area contributed by atoms with Gasteiger partial charge in [-0.25, -0.2) is 0 Å². The van der Waals surface area contributed by atoms with Crippen LogP contribution in [-0.4, -0.2) is 50.5 Å². The van der Waals surface area contributed by atoms with E-state index in [1.54, 1.807) is 7.11 Å². The molecule has 0 aliphatic carbocycles. The second-order valence-electron chi connectivity index (χ2n) is 5.24. The van der Waals surface area contributed by atoms with Gasteiger partial charge < -0.3 is 19.9 Å². The monoisotopic (exact) mass is 273 g/mol. The Bertz CT molecular complexity index is 312. The number of carboxylic acid groups (broad SMARTS) is 1. The van der Waals surface area contributed by atoms with Crippen molar-refractivity contribution in [2.24, 2.45) is 11.3 Å². The van der Waals surface area contributed by atoms with E-state index < -0.39 is 11.4 Å². The van der Waals surface area contributed by atoms with Crippen LogP contribution < -0.4 is 5.32 Å². The van der Waals surface area contributed by atoms with E-state index in [-0.39, 0.29) is 18.4 Å². The second kappa shape index (κ2) is 7.45. The number of carbonyl (C=O) groups is 2. The highest BCUT2D eigenvalue weighted by molar-refractivity contribution is 5.79. The van der Waals surface area contributed by atoms with Crippen LogP contribution in [0.2, 0.25) is 0 Å². The van der Waals surface area contributed by atoms with Crippen molar-refractivity contribution in [1.29, 1.82) is 0 Å². The van der Waals surface area contributed by atoms with E-state index in [9.17, 15) is 14.7 Å². The van der Waals surface area contributed by atoms with E-state index in [1.807, 2.05) is 6.92 Å². The van der Waals surface area contributed by atoms with Crippen molar-refractivity contribution in [2.45, 2.75) is 26.2 Å². The van der Waals surface area contributed by atoms with Crippen LogP contribution in [0, 0.1) is 11.3 Å². The minimum absolute atomic E-state index is 0.125. The summed E-state index contributed by atoms with van der Waals surface area (Å²) >= 11 is 0. The maximum atomic E-state index is 11.7. The summed E-state index contributed by atoms with van der Waals surface area (Å²) in [5.74, 6) is -0.863. The molecule has 110 valence electrons. The van der Waals surface area contributed by atoms with E-state index in [0.29, 0.717) is 39.1 Å². The highest BCUT2D eigenvalue weighted by atomic mass is 16.5. The van der Waals surface area contributed by atoms with E-state index in [1.165, 1.54) is 0 Å². The summed E-state index contributed by atoms with van der Waals surface area (Å²) in [5, 5.41) is 12.1. The number of ether oxygens (including phenoxy) is 2. The van der Waals surface area contributed by atoms with Crippen LogP contribution in [0.5, 0.6) is 0 Å². The molecule has 1 unspecified atom stereocenters. The largest absolute Gasteiger partial charge is 0.481 e. The molecule has 0 aromatic carbocycles. The topological polar surface area (TPSA) is 84.9 Å². The van der Waals surface area contributed by atoms with Crippen LogP contribution in [0.3, 0.4) is 0 Å². The number of hydrogen-bond donors (Lipinski definition) is 2. The highest BCUT2D eigenvalue weighted by Crippen LogP contribution is 2.30. The molecule has 1 atom stereocenters. The van der Waals surface area contributed by atoms with Crippen LogP contribution in [0.4, 0.5) is 0 Å². The molecule has 6 nitrogen and oxygen atoms in total. The Kier molecular flexibility index (Phi) is 6.24. The summed E-state index contributed by atoms with van der Waals surface area (Å²) in [5.41, 5.74) is -0.877. The van der Waals surface area contributed by atoms with E-state index in [0.717, 1.165) is 0 Å². The molecular formula is C13H23NO5. The van der Waals surface area contributed by atoms with Gasteiger partial charge in [0.15, 0.2) is 0 Å². The van der Waals surface area contributed by atoms with E-state index in [2.05, 4.69) is 5.32 Å². The average molecular weight is 273 g/mol. The molecule has 19 heavy (non-hydrogen) atoms. The number of hydrogen-bond acceptors (Lipinski definition) is 4. The molecule has 0 bridgehead atoms. The van der Waals surface area contributed by atoms with Crippen molar-refractivity contribution in [2.75, 3.05) is 33.5 Å². The Balaban J connectivity index is 2.44. The van der Waals surface area contributed by atoms with Gasteiger partial charge in [0.2, 0.25) is 5.91 Å². The Morgan fingerprint density at radius 2 is 2.05 bits per heavy atom. The van der Waals surface area contributed by atoms with Gasteiger partial charge in [0.25, 0.3) is 0 Å².